The number of anilines is 1. The van der Waals surface area contributed by atoms with Crippen LogP contribution in [-0.2, 0) is 6.61 Å². The van der Waals surface area contributed by atoms with Gasteiger partial charge < -0.3 is 15.2 Å². The van der Waals surface area contributed by atoms with E-state index in [-0.39, 0.29) is 0 Å². The SMILES string of the molecule is COc1cc(N)ccc1COc1ccc(C#N)cc1. The molecule has 0 saturated heterocycles. The van der Waals surface area contributed by atoms with Crippen molar-refractivity contribution in [1.29, 1.82) is 5.26 Å². The summed E-state index contributed by atoms with van der Waals surface area (Å²) in [4.78, 5) is 0. The summed E-state index contributed by atoms with van der Waals surface area (Å²) in [7, 11) is 1.60. The Kier molecular flexibility index (Phi) is 3.89. The Morgan fingerprint density at radius 3 is 2.53 bits per heavy atom. The number of hydrogen-bond donors (Lipinski definition) is 1. The van der Waals surface area contributed by atoms with Crippen molar-refractivity contribution in [3.63, 3.8) is 0 Å². The van der Waals surface area contributed by atoms with Gasteiger partial charge in [0.15, 0.2) is 0 Å². The van der Waals surface area contributed by atoms with Crippen molar-refractivity contribution in [2.45, 2.75) is 6.61 Å². The first kappa shape index (κ1) is 12.8. The summed E-state index contributed by atoms with van der Waals surface area (Å²) in [5.74, 6) is 1.41. The fourth-order valence-electron chi connectivity index (χ4n) is 1.67. The molecule has 0 aromatic heterocycles. The summed E-state index contributed by atoms with van der Waals surface area (Å²) in [6.45, 7) is 0.384. The number of nitrogens with two attached hydrogens (primary N) is 1. The minimum Gasteiger partial charge on any atom is -0.496 e. The maximum absolute atomic E-state index is 8.71. The van der Waals surface area contributed by atoms with Crippen molar-refractivity contribution < 1.29 is 9.47 Å². The van der Waals surface area contributed by atoms with Crippen LogP contribution < -0.4 is 15.2 Å². The number of hydrogen-bond acceptors (Lipinski definition) is 4. The van der Waals surface area contributed by atoms with Crippen LogP contribution in [0.3, 0.4) is 0 Å². The highest BCUT2D eigenvalue weighted by Crippen LogP contribution is 2.23. The lowest BCUT2D eigenvalue weighted by Gasteiger charge is -2.11. The van der Waals surface area contributed by atoms with Gasteiger partial charge in [0.2, 0.25) is 0 Å². The molecule has 0 aliphatic rings. The number of methoxy groups -OCH3 is 1. The largest absolute Gasteiger partial charge is 0.496 e. The maximum atomic E-state index is 8.71. The smallest absolute Gasteiger partial charge is 0.127 e. The van der Waals surface area contributed by atoms with Gasteiger partial charge in [0.1, 0.15) is 18.1 Å². The van der Waals surface area contributed by atoms with E-state index in [4.69, 9.17) is 20.5 Å². The molecular weight excluding hydrogens is 240 g/mol. The van der Waals surface area contributed by atoms with Gasteiger partial charge in [-0.05, 0) is 36.4 Å². The number of nitrogens with zero attached hydrogens (tertiary/aromatic N) is 1. The summed E-state index contributed by atoms with van der Waals surface area (Å²) >= 11 is 0. The summed E-state index contributed by atoms with van der Waals surface area (Å²) in [6.07, 6.45) is 0. The molecule has 96 valence electrons. The Hall–Kier alpha value is -2.67. The van der Waals surface area contributed by atoms with E-state index in [0.717, 1.165) is 5.56 Å². The molecule has 0 radical (unpaired) electrons. The molecule has 2 rings (SSSR count). The molecule has 2 aromatic carbocycles. The van der Waals surface area contributed by atoms with E-state index < -0.39 is 0 Å². The van der Waals surface area contributed by atoms with Crippen LogP contribution in [0.15, 0.2) is 42.5 Å². The third-order valence-electron chi connectivity index (χ3n) is 2.69. The lowest BCUT2D eigenvalue weighted by molar-refractivity contribution is 0.297. The zero-order valence-electron chi connectivity index (χ0n) is 10.6. The number of rotatable bonds is 4. The predicted octanol–water partition coefficient (Wildman–Crippen LogP) is 2.73. The standard InChI is InChI=1S/C15H14N2O2/c1-18-15-8-13(17)5-4-12(15)10-19-14-6-2-11(9-16)3-7-14/h2-8H,10,17H2,1H3. The van der Waals surface area contributed by atoms with Crippen molar-refractivity contribution in [1.82, 2.24) is 0 Å². The number of nitrogen functional groups attached to an aromatic ring is 1. The molecule has 19 heavy (non-hydrogen) atoms. The molecule has 0 fully saturated rings. The zero-order chi connectivity index (χ0) is 13.7. The number of benzene rings is 2. The Labute approximate surface area is 112 Å². The van der Waals surface area contributed by atoms with Crippen LogP contribution in [0.2, 0.25) is 0 Å². The van der Waals surface area contributed by atoms with E-state index in [1.54, 1.807) is 43.5 Å². The average molecular weight is 254 g/mol. The van der Waals surface area contributed by atoms with Gasteiger partial charge in [-0.2, -0.15) is 5.26 Å². The highest BCUT2D eigenvalue weighted by atomic mass is 16.5. The number of ether oxygens (including phenoxy) is 2. The molecule has 0 unspecified atom stereocenters. The Bertz CT molecular complexity index is 601. The van der Waals surface area contributed by atoms with Crippen LogP contribution in [0.5, 0.6) is 11.5 Å². The molecule has 0 heterocycles. The van der Waals surface area contributed by atoms with Crippen molar-refractivity contribution in [2.75, 3.05) is 12.8 Å². The highest BCUT2D eigenvalue weighted by molar-refractivity contribution is 5.48. The van der Waals surface area contributed by atoms with Gasteiger partial charge in [-0.25, -0.2) is 0 Å². The van der Waals surface area contributed by atoms with Crippen molar-refractivity contribution >= 4 is 5.69 Å². The topological polar surface area (TPSA) is 68.3 Å². The van der Waals surface area contributed by atoms with Crippen LogP contribution in [0.25, 0.3) is 0 Å². The predicted molar refractivity (Wildman–Crippen MR) is 72.9 cm³/mol. The van der Waals surface area contributed by atoms with E-state index in [1.807, 2.05) is 6.07 Å². The normalized spacial score (nSPS) is 9.68. The van der Waals surface area contributed by atoms with Gasteiger partial charge in [0.25, 0.3) is 0 Å². The number of nitriles is 1. The third-order valence-corrected chi connectivity index (χ3v) is 2.69. The van der Waals surface area contributed by atoms with Gasteiger partial charge >= 0.3 is 0 Å². The van der Waals surface area contributed by atoms with E-state index >= 15 is 0 Å². The molecule has 0 saturated carbocycles. The average Bonchev–Trinajstić information content (AvgIpc) is 2.46. The maximum Gasteiger partial charge on any atom is 0.127 e. The van der Waals surface area contributed by atoms with Gasteiger partial charge in [-0.15, -0.1) is 0 Å². The molecular formula is C15H14N2O2. The zero-order valence-corrected chi connectivity index (χ0v) is 10.6. The summed E-state index contributed by atoms with van der Waals surface area (Å²) in [5.41, 5.74) is 7.87. The van der Waals surface area contributed by atoms with Gasteiger partial charge in [-0.1, -0.05) is 0 Å². The minimum atomic E-state index is 0.384. The van der Waals surface area contributed by atoms with Gasteiger partial charge in [0, 0.05) is 17.3 Å². The molecule has 0 aliphatic carbocycles. The van der Waals surface area contributed by atoms with E-state index in [2.05, 4.69) is 6.07 Å². The second-order valence-corrected chi connectivity index (χ2v) is 4.00. The van der Waals surface area contributed by atoms with Crippen molar-refractivity contribution in [2.24, 2.45) is 0 Å². The first-order chi connectivity index (χ1) is 9.22. The van der Waals surface area contributed by atoms with E-state index in [1.165, 1.54) is 0 Å². The molecule has 0 atom stereocenters. The quantitative estimate of drug-likeness (QED) is 0.852. The van der Waals surface area contributed by atoms with E-state index in [0.29, 0.717) is 29.4 Å². The molecule has 4 nitrogen and oxygen atoms in total. The molecule has 0 amide bonds. The fraction of sp³-hybridized carbons (Fsp3) is 0.133. The molecule has 0 aliphatic heterocycles. The first-order valence-electron chi connectivity index (χ1n) is 5.78. The van der Waals surface area contributed by atoms with Crippen LogP contribution in [0.4, 0.5) is 5.69 Å². The molecule has 2 aromatic rings. The van der Waals surface area contributed by atoms with Gasteiger partial charge in [-0.3, -0.25) is 0 Å². The van der Waals surface area contributed by atoms with Crippen LogP contribution in [0.1, 0.15) is 11.1 Å². The van der Waals surface area contributed by atoms with Crippen molar-refractivity contribution in [3.8, 4) is 17.6 Å². The summed E-state index contributed by atoms with van der Waals surface area (Å²) < 4.78 is 10.9. The lowest BCUT2D eigenvalue weighted by Crippen LogP contribution is -1.99. The van der Waals surface area contributed by atoms with Crippen molar-refractivity contribution in [3.05, 3.63) is 53.6 Å². The molecule has 2 N–H and O–H groups in total. The van der Waals surface area contributed by atoms with Crippen LogP contribution in [0, 0.1) is 11.3 Å². The van der Waals surface area contributed by atoms with Gasteiger partial charge in [0.05, 0.1) is 18.7 Å². The second-order valence-electron chi connectivity index (χ2n) is 4.00. The van der Waals surface area contributed by atoms with Crippen LogP contribution >= 0.6 is 0 Å². The molecule has 0 bridgehead atoms. The molecule has 0 spiro atoms. The second kappa shape index (κ2) is 5.78. The minimum absolute atomic E-state index is 0.384. The Balaban J connectivity index is 2.07. The third kappa shape index (κ3) is 3.17. The Morgan fingerprint density at radius 1 is 1.16 bits per heavy atom. The van der Waals surface area contributed by atoms with Crippen LogP contribution in [-0.4, -0.2) is 7.11 Å². The Morgan fingerprint density at radius 2 is 1.89 bits per heavy atom. The summed E-state index contributed by atoms with van der Waals surface area (Å²) in [6, 6.07) is 14.5. The highest BCUT2D eigenvalue weighted by Gasteiger charge is 2.04. The molecule has 4 heteroatoms. The monoisotopic (exact) mass is 254 g/mol. The lowest BCUT2D eigenvalue weighted by atomic mass is 10.2. The summed E-state index contributed by atoms with van der Waals surface area (Å²) in [5, 5.41) is 8.71. The first-order valence-corrected chi connectivity index (χ1v) is 5.78. The fourth-order valence-corrected chi connectivity index (χ4v) is 1.67. The van der Waals surface area contributed by atoms with E-state index in [9.17, 15) is 0 Å².